The van der Waals surface area contributed by atoms with Gasteiger partial charge in [-0.1, -0.05) is 37.6 Å². The van der Waals surface area contributed by atoms with E-state index < -0.39 is 5.97 Å². The smallest absolute Gasteiger partial charge is 0.307 e. The van der Waals surface area contributed by atoms with Crippen molar-refractivity contribution in [3.63, 3.8) is 0 Å². The van der Waals surface area contributed by atoms with E-state index >= 15 is 0 Å². The lowest BCUT2D eigenvalue weighted by atomic mass is 9.99. The van der Waals surface area contributed by atoms with Crippen molar-refractivity contribution in [3.05, 3.63) is 35.4 Å². The van der Waals surface area contributed by atoms with Gasteiger partial charge in [-0.25, -0.2) is 0 Å². The maximum absolute atomic E-state index is 10.6. The van der Waals surface area contributed by atoms with Crippen LogP contribution < -0.4 is 0 Å². The van der Waals surface area contributed by atoms with Crippen molar-refractivity contribution < 1.29 is 9.90 Å². The molecule has 1 saturated heterocycles. The SMILES string of the molecule is CCC1CCCCN1Cc1ccc(CC(=O)O)cc1. The van der Waals surface area contributed by atoms with Gasteiger partial charge in [0.15, 0.2) is 0 Å². The molecule has 0 aliphatic carbocycles. The number of rotatable bonds is 5. The number of carboxylic acid groups (broad SMARTS) is 1. The molecule has 0 radical (unpaired) electrons. The van der Waals surface area contributed by atoms with Crippen molar-refractivity contribution in [1.82, 2.24) is 4.90 Å². The van der Waals surface area contributed by atoms with Gasteiger partial charge < -0.3 is 5.11 Å². The third kappa shape index (κ3) is 4.06. The molecule has 1 N–H and O–H groups in total. The van der Waals surface area contributed by atoms with Gasteiger partial charge in [0, 0.05) is 12.6 Å². The molecule has 0 aromatic heterocycles. The largest absolute Gasteiger partial charge is 0.481 e. The molecule has 3 nitrogen and oxygen atoms in total. The quantitative estimate of drug-likeness (QED) is 0.885. The van der Waals surface area contributed by atoms with Crippen LogP contribution >= 0.6 is 0 Å². The van der Waals surface area contributed by atoms with Crippen LogP contribution in [0.2, 0.25) is 0 Å². The molecule has 1 unspecified atom stereocenters. The molecule has 1 aliphatic heterocycles. The molecule has 0 spiro atoms. The van der Waals surface area contributed by atoms with E-state index in [4.69, 9.17) is 5.11 Å². The van der Waals surface area contributed by atoms with Gasteiger partial charge >= 0.3 is 5.97 Å². The summed E-state index contributed by atoms with van der Waals surface area (Å²) in [5.74, 6) is -0.769. The highest BCUT2D eigenvalue weighted by Gasteiger charge is 2.20. The Bertz CT molecular complexity index is 413. The lowest BCUT2D eigenvalue weighted by Gasteiger charge is -2.35. The summed E-state index contributed by atoms with van der Waals surface area (Å²) in [5, 5.41) is 8.76. The van der Waals surface area contributed by atoms with Crippen LogP contribution in [0.25, 0.3) is 0 Å². The Balaban J connectivity index is 1.96. The second kappa shape index (κ2) is 6.71. The maximum Gasteiger partial charge on any atom is 0.307 e. The molecule has 1 aromatic carbocycles. The highest BCUT2D eigenvalue weighted by molar-refractivity contribution is 5.70. The van der Waals surface area contributed by atoms with Gasteiger partial charge in [-0.05, 0) is 36.9 Å². The zero-order chi connectivity index (χ0) is 13.7. The summed E-state index contributed by atoms with van der Waals surface area (Å²) < 4.78 is 0. The molecule has 1 heterocycles. The van der Waals surface area contributed by atoms with E-state index in [1.54, 1.807) is 0 Å². The number of likely N-dealkylation sites (tertiary alicyclic amines) is 1. The summed E-state index contributed by atoms with van der Waals surface area (Å²) in [6.45, 7) is 4.44. The number of hydrogen-bond acceptors (Lipinski definition) is 2. The first-order chi connectivity index (χ1) is 9.19. The minimum atomic E-state index is -0.769. The molecule has 1 aromatic rings. The molecule has 1 atom stereocenters. The Morgan fingerprint density at radius 2 is 1.95 bits per heavy atom. The van der Waals surface area contributed by atoms with Gasteiger partial charge in [0.25, 0.3) is 0 Å². The molecule has 0 saturated carbocycles. The lowest BCUT2D eigenvalue weighted by molar-refractivity contribution is -0.136. The van der Waals surface area contributed by atoms with Crippen molar-refractivity contribution in [2.45, 2.75) is 51.6 Å². The summed E-state index contributed by atoms with van der Waals surface area (Å²) in [6, 6.07) is 8.73. The van der Waals surface area contributed by atoms with E-state index in [0.717, 1.165) is 12.1 Å². The standard InChI is InChI=1S/C16H23NO2/c1-2-15-5-3-4-10-17(15)12-14-8-6-13(7-9-14)11-16(18)19/h6-9,15H,2-5,10-12H2,1H3,(H,18,19). The first-order valence-corrected chi connectivity index (χ1v) is 7.22. The predicted octanol–water partition coefficient (Wildman–Crippen LogP) is 3.08. The van der Waals surface area contributed by atoms with Crippen molar-refractivity contribution in [1.29, 1.82) is 0 Å². The maximum atomic E-state index is 10.6. The second-order valence-corrected chi connectivity index (χ2v) is 5.42. The Labute approximate surface area is 115 Å². The van der Waals surface area contributed by atoms with E-state index in [0.29, 0.717) is 6.04 Å². The van der Waals surface area contributed by atoms with E-state index in [1.165, 1.54) is 37.8 Å². The topological polar surface area (TPSA) is 40.5 Å². The molecule has 104 valence electrons. The Hall–Kier alpha value is -1.35. The first-order valence-electron chi connectivity index (χ1n) is 7.22. The molecule has 1 fully saturated rings. The third-order valence-electron chi connectivity index (χ3n) is 3.98. The molecular weight excluding hydrogens is 238 g/mol. The van der Waals surface area contributed by atoms with Gasteiger partial charge in [0.2, 0.25) is 0 Å². The van der Waals surface area contributed by atoms with E-state index in [1.807, 2.05) is 12.1 Å². The summed E-state index contributed by atoms with van der Waals surface area (Å²) >= 11 is 0. The Morgan fingerprint density at radius 1 is 1.26 bits per heavy atom. The van der Waals surface area contributed by atoms with Crippen LogP contribution in [0.3, 0.4) is 0 Å². The van der Waals surface area contributed by atoms with Crippen LogP contribution in [0.15, 0.2) is 24.3 Å². The normalized spacial score (nSPS) is 20.4. The molecule has 0 bridgehead atoms. The van der Waals surface area contributed by atoms with E-state index in [9.17, 15) is 4.79 Å². The van der Waals surface area contributed by atoms with Crippen molar-refractivity contribution in [2.24, 2.45) is 0 Å². The van der Waals surface area contributed by atoms with Gasteiger partial charge in [-0.3, -0.25) is 9.69 Å². The van der Waals surface area contributed by atoms with Gasteiger partial charge in [0.05, 0.1) is 6.42 Å². The summed E-state index contributed by atoms with van der Waals surface area (Å²) in [7, 11) is 0. The van der Waals surface area contributed by atoms with Gasteiger partial charge in [-0.15, -0.1) is 0 Å². The average molecular weight is 261 g/mol. The molecular formula is C16H23NO2. The number of aliphatic carboxylic acids is 1. The minimum Gasteiger partial charge on any atom is -0.481 e. The number of nitrogens with zero attached hydrogens (tertiary/aromatic N) is 1. The van der Waals surface area contributed by atoms with Crippen LogP contribution in [0, 0.1) is 0 Å². The van der Waals surface area contributed by atoms with Crippen LogP contribution in [-0.4, -0.2) is 28.6 Å². The summed E-state index contributed by atoms with van der Waals surface area (Å²) in [6.07, 6.45) is 5.30. The highest BCUT2D eigenvalue weighted by Crippen LogP contribution is 2.21. The van der Waals surface area contributed by atoms with Crippen molar-refractivity contribution in [3.8, 4) is 0 Å². The molecule has 3 heteroatoms. The molecule has 1 aliphatic rings. The molecule has 19 heavy (non-hydrogen) atoms. The number of hydrogen-bond donors (Lipinski definition) is 1. The Kier molecular flexibility index (Phi) is 4.97. The number of carboxylic acids is 1. The van der Waals surface area contributed by atoms with Crippen LogP contribution in [0.5, 0.6) is 0 Å². The fourth-order valence-electron chi connectivity index (χ4n) is 2.90. The minimum absolute atomic E-state index is 0.113. The van der Waals surface area contributed by atoms with Gasteiger partial charge in [-0.2, -0.15) is 0 Å². The third-order valence-corrected chi connectivity index (χ3v) is 3.98. The monoisotopic (exact) mass is 261 g/mol. The van der Waals surface area contributed by atoms with Crippen LogP contribution in [-0.2, 0) is 17.8 Å². The zero-order valence-electron chi connectivity index (χ0n) is 11.6. The second-order valence-electron chi connectivity index (χ2n) is 5.42. The van der Waals surface area contributed by atoms with Crippen molar-refractivity contribution >= 4 is 5.97 Å². The van der Waals surface area contributed by atoms with Crippen molar-refractivity contribution in [2.75, 3.05) is 6.54 Å². The zero-order valence-corrected chi connectivity index (χ0v) is 11.6. The molecule has 0 amide bonds. The predicted molar refractivity (Wildman–Crippen MR) is 76.1 cm³/mol. The fraction of sp³-hybridized carbons (Fsp3) is 0.562. The number of benzene rings is 1. The van der Waals surface area contributed by atoms with E-state index in [-0.39, 0.29) is 6.42 Å². The summed E-state index contributed by atoms with van der Waals surface area (Å²) in [4.78, 5) is 13.2. The average Bonchev–Trinajstić information content (AvgIpc) is 2.41. The number of piperidine rings is 1. The van der Waals surface area contributed by atoms with E-state index in [2.05, 4.69) is 24.0 Å². The molecule has 2 rings (SSSR count). The number of carbonyl (C=O) groups is 1. The Morgan fingerprint density at radius 3 is 2.58 bits per heavy atom. The fourth-order valence-corrected chi connectivity index (χ4v) is 2.90. The summed E-state index contributed by atoms with van der Waals surface area (Å²) in [5.41, 5.74) is 2.16. The highest BCUT2D eigenvalue weighted by atomic mass is 16.4. The van der Waals surface area contributed by atoms with Gasteiger partial charge in [0.1, 0.15) is 0 Å². The lowest BCUT2D eigenvalue weighted by Crippen LogP contribution is -2.38. The van der Waals surface area contributed by atoms with Crippen LogP contribution in [0.4, 0.5) is 0 Å². The van der Waals surface area contributed by atoms with Crippen LogP contribution in [0.1, 0.15) is 43.7 Å². The first kappa shape index (κ1) is 14.1.